The van der Waals surface area contributed by atoms with Crippen LogP contribution in [0.4, 0.5) is 0 Å². The number of rotatable bonds is 4. The fourth-order valence-electron chi connectivity index (χ4n) is 1.95. The van der Waals surface area contributed by atoms with E-state index in [1.807, 2.05) is 30.3 Å². The first kappa shape index (κ1) is 12.6. The van der Waals surface area contributed by atoms with E-state index in [4.69, 9.17) is 4.74 Å². The maximum Gasteiger partial charge on any atom is 0.245 e. The van der Waals surface area contributed by atoms with Crippen molar-refractivity contribution in [1.82, 2.24) is 10.6 Å². The number of hydrogen-bond acceptors (Lipinski definition) is 3. The Morgan fingerprint density at radius 1 is 1.06 bits per heavy atom. The van der Waals surface area contributed by atoms with Gasteiger partial charge in [-0.2, -0.15) is 0 Å². The van der Waals surface area contributed by atoms with Gasteiger partial charge in [-0.05, 0) is 5.56 Å². The highest BCUT2D eigenvalue weighted by atomic mass is 16.5. The molecular formula is C13H16N2O3. The standard InChI is InChI=1S/C13H16N2O3/c1-18-8-11-13(17)14-10(12(16)15-11)7-9-5-3-2-4-6-9/h2-6,10-11H,7-8H2,1H3,(H,14,17)(H,15,16)/t10-,11-/m0/s1. The largest absolute Gasteiger partial charge is 0.382 e. The van der Waals surface area contributed by atoms with Crippen LogP contribution in [0.5, 0.6) is 0 Å². The molecule has 0 spiro atoms. The lowest BCUT2D eigenvalue weighted by molar-refractivity contribution is -0.138. The maximum absolute atomic E-state index is 11.8. The van der Waals surface area contributed by atoms with Gasteiger partial charge in [0.2, 0.25) is 11.8 Å². The Kier molecular flexibility index (Phi) is 3.94. The quantitative estimate of drug-likeness (QED) is 0.779. The van der Waals surface area contributed by atoms with Gasteiger partial charge in [-0.15, -0.1) is 0 Å². The van der Waals surface area contributed by atoms with E-state index in [9.17, 15) is 9.59 Å². The zero-order valence-corrected chi connectivity index (χ0v) is 10.2. The predicted octanol–water partition coefficient (Wildman–Crippen LogP) is -0.141. The Balaban J connectivity index is 1.99. The van der Waals surface area contributed by atoms with Gasteiger partial charge in [0.15, 0.2) is 0 Å². The van der Waals surface area contributed by atoms with Crippen molar-refractivity contribution >= 4 is 11.8 Å². The zero-order valence-electron chi connectivity index (χ0n) is 10.2. The minimum absolute atomic E-state index is 0.166. The summed E-state index contributed by atoms with van der Waals surface area (Å²) in [6.07, 6.45) is 0.498. The second kappa shape index (κ2) is 5.64. The van der Waals surface area contributed by atoms with Crippen molar-refractivity contribution in [2.24, 2.45) is 0 Å². The van der Waals surface area contributed by atoms with Gasteiger partial charge in [0.1, 0.15) is 12.1 Å². The predicted molar refractivity (Wildman–Crippen MR) is 65.9 cm³/mol. The third kappa shape index (κ3) is 2.87. The summed E-state index contributed by atoms with van der Waals surface area (Å²) >= 11 is 0. The third-order valence-corrected chi connectivity index (χ3v) is 2.88. The van der Waals surface area contributed by atoms with Crippen LogP contribution < -0.4 is 10.6 Å². The molecular weight excluding hydrogens is 232 g/mol. The highest BCUT2D eigenvalue weighted by Gasteiger charge is 2.33. The number of hydrogen-bond donors (Lipinski definition) is 2. The van der Waals surface area contributed by atoms with Crippen molar-refractivity contribution in [1.29, 1.82) is 0 Å². The molecule has 0 saturated carbocycles. The van der Waals surface area contributed by atoms with Gasteiger partial charge in [0.05, 0.1) is 6.61 Å². The Labute approximate surface area is 106 Å². The van der Waals surface area contributed by atoms with Gasteiger partial charge in [-0.3, -0.25) is 9.59 Å². The van der Waals surface area contributed by atoms with Crippen LogP contribution in [-0.4, -0.2) is 37.6 Å². The molecule has 0 bridgehead atoms. The van der Waals surface area contributed by atoms with Gasteiger partial charge < -0.3 is 15.4 Å². The van der Waals surface area contributed by atoms with Crippen LogP contribution in [0.15, 0.2) is 30.3 Å². The van der Waals surface area contributed by atoms with Crippen molar-refractivity contribution in [3.8, 4) is 0 Å². The lowest BCUT2D eigenvalue weighted by Crippen LogP contribution is -2.63. The highest BCUT2D eigenvalue weighted by molar-refractivity contribution is 5.97. The number of benzene rings is 1. The molecule has 2 atom stereocenters. The number of ether oxygens (including phenoxy) is 1. The topological polar surface area (TPSA) is 67.4 Å². The molecule has 5 heteroatoms. The number of carbonyl (C=O) groups is 2. The van der Waals surface area contributed by atoms with E-state index in [1.54, 1.807) is 0 Å². The summed E-state index contributed by atoms with van der Waals surface area (Å²) in [7, 11) is 1.50. The zero-order chi connectivity index (χ0) is 13.0. The summed E-state index contributed by atoms with van der Waals surface area (Å²) in [4.78, 5) is 23.6. The minimum atomic E-state index is -0.588. The molecule has 2 amide bonds. The smallest absolute Gasteiger partial charge is 0.245 e. The van der Waals surface area contributed by atoms with E-state index in [2.05, 4.69) is 10.6 Å². The van der Waals surface area contributed by atoms with Crippen LogP contribution in [0.3, 0.4) is 0 Å². The van der Waals surface area contributed by atoms with E-state index in [1.165, 1.54) is 7.11 Å². The number of nitrogens with one attached hydrogen (secondary N) is 2. The van der Waals surface area contributed by atoms with Gasteiger partial charge in [0, 0.05) is 13.5 Å². The van der Waals surface area contributed by atoms with Crippen molar-refractivity contribution in [2.45, 2.75) is 18.5 Å². The Morgan fingerprint density at radius 2 is 1.67 bits per heavy atom. The fourth-order valence-corrected chi connectivity index (χ4v) is 1.95. The Morgan fingerprint density at radius 3 is 2.33 bits per heavy atom. The molecule has 0 aliphatic carbocycles. The van der Waals surface area contributed by atoms with Crippen molar-refractivity contribution in [3.05, 3.63) is 35.9 Å². The van der Waals surface area contributed by atoms with E-state index >= 15 is 0 Å². The molecule has 2 N–H and O–H groups in total. The summed E-state index contributed by atoms with van der Waals surface area (Å²) in [6.45, 7) is 0.190. The molecule has 1 aromatic rings. The summed E-state index contributed by atoms with van der Waals surface area (Å²) in [5.74, 6) is -0.363. The fraction of sp³-hybridized carbons (Fsp3) is 0.385. The molecule has 1 fully saturated rings. The van der Waals surface area contributed by atoms with Crippen molar-refractivity contribution in [3.63, 3.8) is 0 Å². The molecule has 5 nitrogen and oxygen atoms in total. The van der Waals surface area contributed by atoms with Crippen molar-refractivity contribution < 1.29 is 14.3 Å². The Hall–Kier alpha value is -1.88. The molecule has 1 saturated heterocycles. The molecule has 0 unspecified atom stereocenters. The molecule has 0 radical (unpaired) electrons. The summed E-state index contributed by atoms with van der Waals surface area (Å²) in [5, 5.41) is 5.38. The number of piperazine rings is 1. The van der Waals surface area contributed by atoms with Crippen LogP contribution in [-0.2, 0) is 20.7 Å². The summed E-state index contributed by atoms with van der Waals surface area (Å²) in [5.41, 5.74) is 1.02. The van der Waals surface area contributed by atoms with E-state index in [0.717, 1.165) is 5.56 Å². The maximum atomic E-state index is 11.8. The van der Waals surface area contributed by atoms with Gasteiger partial charge in [-0.25, -0.2) is 0 Å². The molecule has 2 rings (SSSR count). The SMILES string of the molecule is COC[C@@H]1NC(=O)[C@H](Cc2ccccc2)NC1=O. The monoisotopic (exact) mass is 248 g/mol. The van der Waals surface area contributed by atoms with Crippen LogP contribution in [0.25, 0.3) is 0 Å². The third-order valence-electron chi connectivity index (χ3n) is 2.88. The number of methoxy groups -OCH3 is 1. The number of amides is 2. The summed E-state index contributed by atoms with van der Waals surface area (Å²) < 4.78 is 4.88. The molecule has 96 valence electrons. The van der Waals surface area contributed by atoms with Crippen LogP contribution in [0, 0.1) is 0 Å². The number of carbonyl (C=O) groups excluding carboxylic acids is 2. The van der Waals surface area contributed by atoms with Gasteiger partial charge in [-0.1, -0.05) is 30.3 Å². The molecule has 0 aromatic heterocycles. The second-order valence-corrected chi connectivity index (χ2v) is 4.27. The van der Waals surface area contributed by atoms with E-state index in [0.29, 0.717) is 6.42 Å². The first-order valence-electron chi connectivity index (χ1n) is 5.84. The van der Waals surface area contributed by atoms with Crippen LogP contribution in [0.2, 0.25) is 0 Å². The minimum Gasteiger partial charge on any atom is -0.382 e. The normalized spacial score (nSPS) is 23.4. The molecule has 1 heterocycles. The molecule has 1 aliphatic heterocycles. The molecule has 1 aliphatic rings. The molecule has 18 heavy (non-hydrogen) atoms. The van der Waals surface area contributed by atoms with E-state index in [-0.39, 0.29) is 18.4 Å². The van der Waals surface area contributed by atoms with Crippen LogP contribution >= 0.6 is 0 Å². The average molecular weight is 248 g/mol. The summed E-state index contributed by atoms with van der Waals surface area (Å²) in [6, 6.07) is 8.50. The average Bonchev–Trinajstić information content (AvgIpc) is 2.37. The first-order chi connectivity index (χ1) is 8.70. The van der Waals surface area contributed by atoms with Crippen LogP contribution in [0.1, 0.15) is 5.56 Å². The first-order valence-corrected chi connectivity index (χ1v) is 5.84. The lowest BCUT2D eigenvalue weighted by Gasteiger charge is -2.29. The highest BCUT2D eigenvalue weighted by Crippen LogP contribution is 2.06. The second-order valence-electron chi connectivity index (χ2n) is 4.27. The lowest BCUT2D eigenvalue weighted by atomic mass is 10.0. The van der Waals surface area contributed by atoms with Gasteiger partial charge in [0.25, 0.3) is 0 Å². The Bertz CT molecular complexity index is 433. The van der Waals surface area contributed by atoms with E-state index < -0.39 is 12.1 Å². The van der Waals surface area contributed by atoms with Crippen molar-refractivity contribution in [2.75, 3.05) is 13.7 Å². The molecule has 1 aromatic carbocycles. The van der Waals surface area contributed by atoms with Gasteiger partial charge >= 0.3 is 0 Å².